The van der Waals surface area contributed by atoms with Gasteiger partial charge in [0.15, 0.2) is 5.82 Å². The molecule has 0 unspecified atom stereocenters. The first kappa shape index (κ1) is 34.8. The molecule has 1 heterocycles. The van der Waals surface area contributed by atoms with Crippen LogP contribution in [-0.2, 0) is 5.41 Å². The zero-order chi connectivity index (χ0) is 39.5. The maximum atomic E-state index is 5.23. The fourth-order valence-electron chi connectivity index (χ4n) is 9.33. The van der Waals surface area contributed by atoms with Gasteiger partial charge in [0, 0.05) is 22.1 Å². The van der Waals surface area contributed by atoms with Crippen LogP contribution in [0.3, 0.4) is 0 Å². The minimum Gasteiger partial charge on any atom is -0.228 e. The molecule has 10 aromatic rings. The fraction of sp³-hybridized carbons (Fsp3) is 0.0526. The maximum absolute atomic E-state index is 5.23. The lowest BCUT2D eigenvalue weighted by atomic mass is 9.79. The fourth-order valence-corrected chi connectivity index (χ4v) is 9.33. The number of hydrogen-bond acceptors (Lipinski definition) is 2. The third-order valence-corrected chi connectivity index (χ3v) is 12.3. The first-order valence-corrected chi connectivity index (χ1v) is 20.4. The molecule has 11 rings (SSSR count). The first-order chi connectivity index (χ1) is 29.0. The summed E-state index contributed by atoms with van der Waals surface area (Å²) in [6.07, 6.45) is 0. The van der Waals surface area contributed by atoms with E-state index in [1.165, 1.54) is 66.2 Å². The second-order valence-corrected chi connectivity index (χ2v) is 16.2. The molecule has 1 aromatic heterocycles. The van der Waals surface area contributed by atoms with Crippen LogP contribution < -0.4 is 0 Å². The van der Waals surface area contributed by atoms with Crippen molar-refractivity contribution in [2.45, 2.75) is 19.3 Å². The van der Waals surface area contributed by atoms with Gasteiger partial charge in [0.05, 0.1) is 11.4 Å². The Morgan fingerprint density at radius 3 is 1.63 bits per heavy atom. The van der Waals surface area contributed by atoms with E-state index in [1.54, 1.807) is 0 Å². The van der Waals surface area contributed by atoms with Gasteiger partial charge in [-0.1, -0.05) is 202 Å². The monoisotopic (exact) mass is 752 g/mol. The van der Waals surface area contributed by atoms with Gasteiger partial charge in [-0.3, -0.25) is 0 Å². The topological polar surface area (TPSA) is 25.8 Å². The molecule has 0 radical (unpaired) electrons. The summed E-state index contributed by atoms with van der Waals surface area (Å²) in [4.78, 5) is 10.4. The van der Waals surface area contributed by atoms with Crippen molar-refractivity contribution in [1.29, 1.82) is 0 Å². The molecule has 0 atom stereocenters. The lowest BCUT2D eigenvalue weighted by molar-refractivity contribution is 0.666. The van der Waals surface area contributed by atoms with E-state index in [0.29, 0.717) is 5.82 Å². The van der Waals surface area contributed by atoms with Crippen molar-refractivity contribution in [1.82, 2.24) is 9.97 Å². The lowest BCUT2D eigenvalue weighted by Gasteiger charge is -2.23. The molecule has 59 heavy (non-hydrogen) atoms. The van der Waals surface area contributed by atoms with E-state index in [0.717, 1.165) is 39.0 Å². The summed E-state index contributed by atoms with van der Waals surface area (Å²) >= 11 is 0. The largest absolute Gasteiger partial charge is 0.228 e. The number of fused-ring (bicyclic) bond motifs is 6. The SMILES string of the molecule is CC1(C)c2cc(-c3ccc(-c4ccc(-c5cc(-c6cccc(-c7ccccc7)c6)nc(-c6ccccc6)n5)c5ccccc45)cc3)ccc2-c2ccc3ccccc3c21. The summed E-state index contributed by atoms with van der Waals surface area (Å²) in [6, 6.07) is 74.3. The molecule has 0 aliphatic heterocycles. The van der Waals surface area contributed by atoms with E-state index < -0.39 is 0 Å². The van der Waals surface area contributed by atoms with Crippen LogP contribution in [0.15, 0.2) is 206 Å². The summed E-state index contributed by atoms with van der Waals surface area (Å²) in [7, 11) is 0. The maximum Gasteiger partial charge on any atom is 0.160 e. The molecule has 0 saturated carbocycles. The van der Waals surface area contributed by atoms with Crippen LogP contribution >= 0.6 is 0 Å². The van der Waals surface area contributed by atoms with E-state index >= 15 is 0 Å². The van der Waals surface area contributed by atoms with Crippen LogP contribution in [0.25, 0.3) is 100.0 Å². The third kappa shape index (κ3) is 5.96. The number of rotatable bonds is 6. The van der Waals surface area contributed by atoms with E-state index in [9.17, 15) is 0 Å². The van der Waals surface area contributed by atoms with Crippen LogP contribution in [0.5, 0.6) is 0 Å². The van der Waals surface area contributed by atoms with Crippen LogP contribution in [0.2, 0.25) is 0 Å². The predicted octanol–water partition coefficient (Wildman–Crippen LogP) is 15.1. The molecule has 0 saturated heterocycles. The first-order valence-electron chi connectivity index (χ1n) is 20.4. The molecule has 1 aliphatic rings. The minimum absolute atomic E-state index is 0.0966. The normalized spacial score (nSPS) is 12.7. The van der Waals surface area contributed by atoms with Gasteiger partial charge in [-0.05, 0) is 95.4 Å². The number of nitrogens with zero attached hydrogens (tertiary/aromatic N) is 2. The highest BCUT2D eigenvalue weighted by Gasteiger charge is 2.37. The molecule has 2 nitrogen and oxygen atoms in total. The van der Waals surface area contributed by atoms with E-state index in [2.05, 4.69) is 202 Å². The Balaban J connectivity index is 0.970. The zero-order valence-corrected chi connectivity index (χ0v) is 33.0. The summed E-state index contributed by atoms with van der Waals surface area (Å²) in [5.74, 6) is 0.708. The molecule has 9 aromatic carbocycles. The van der Waals surface area contributed by atoms with Crippen molar-refractivity contribution < 1.29 is 0 Å². The Labute approximate surface area is 345 Å². The second kappa shape index (κ2) is 13.9. The third-order valence-electron chi connectivity index (χ3n) is 12.3. The Morgan fingerprint density at radius 1 is 0.322 bits per heavy atom. The second-order valence-electron chi connectivity index (χ2n) is 16.2. The van der Waals surface area contributed by atoms with Crippen molar-refractivity contribution >= 4 is 21.5 Å². The quantitative estimate of drug-likeness (QED) is 0.169. The van der Waals surface area contributed by atoms with Crippen LogP contribution in [0.4, 0.5) is 0 Å². The zero-order valence-electron chi connectivity index (χ0n) is 33.0. The predicted molar refractivity (Wildman–Crippen MR) is 247 cm³/mol. The standard InChI is InChI=1S/C57H40N2/c1-57(2)52-35-43(29-30-49(52)51-31-28-39-16-9-10-21-46(39)55(51)57)38-24-26-40(27-25-38)45-32-33-50(48-23-12-11-22-47(45)48)54-36-53(58-56(59-54)41-17-7-4-8-18-41)44-20-13-19-42(34-44)37-14-5-3-6-15-37/h3-36H,1-2H3. The van der Waals surface area contributed by atoms with Gasteiger partial charge in [-0.15, -0.1) is 0 Å². The molecule has 0 fully saturated rings. The lowest BCUT2D eigenvalue weighted by Crippen LogP contribution is -2.15. The van der Waals surface area contributed by atoms with Crippen molar-refractivity contribution in [3.8, 4) is 78.4 Å². The van der Waals surface area contributed by atoms with Gasteiger partial charge in [0.1, 0.15) is 0 Å². The van der Waals surface area contributed by atoms with Crippen molar-refractivity contribution in [3.05, 3.63) is 217 Å². The average Bonchev–Trinajstić information content (AvgIpc) is 3.54. The van der Waals surface area contributed by atoms with Gasteiger partial charge in [0.25, 0.3) is 0 Å². The number of aromatic nitrogens is 2. The van der Waals surface area contributed by atoms with Gasteiger partial charge in [-0.25, -0.2) is 9.97 Å². The molecular formula is C57H40N2. The molecule has 0 bridgehead atoms. The molecule has 2 heteroatoms. The Hall–Kier alpha value is -7.42. The molecule has 278 valence electrons. The van der Waals surface area contributed by atoms with Crippen molar-refractivity contribution in [2.24, 2.45) is 0 Å². The highest BCUT2D eigenvalue weighted by Crippen LogP contribution is 2.52. The van der Waals surface area contributed by atoms with Crippen molar-refractivity contribution in [2.75, 3.05) is 0 Å². The average molecular weight is 753 g/mol. The smallest absolute Gasteiger partial charge is 0.160 e. The number of benzene rings is 9. The van der Waals surface area contributed by atoms with Gasteiger partial charge >= 0.3 is 0 Å². The van der Waals surface area contributed by atoms with Gasteiger partial charge in [0.2, 0.25) is 0 Å². The molecule has 1 aliphatic carbocycles. The Morgan fingerprint density at radius 2 is 0.847 bits per heavy atom. The van der Waals surface area contributed by atoms with E-state index in [4.69, 9.17) is 9.97 Å². The van der Waals surface area contributed by atoms with E-state index in [-0.39, 0.29) is 5.41 Å². The summed E-state index contributed by atoms with van der Waals surface area (Å²) in [5.41, 5.74) is 17.5. The van der Waals surface area contributed by atoms with E-state index in [1.807, 2.05) is 18.2 Å². The minimum atomic E-state index is -0.0966. The Kier molecular flexibility index (Phi) is 8.20. The number of hydrogen-bond donors (Lipinski definition) is 0. The molecular weight excluding hydrogens is 713 g/mol. The summed E-state index contributed by atoms with van der Waals surface area (Å²) in [6.45, 7) is 4.75. The van der Waals surface area contributed by atoms with Gasteiger partial charge < -0.3 is 0 Å². The van der Waals surface area contributed by atoms with Crippen LogP contribution in [0, 0.1) is 0 Å². The highest BCUT2D eigenvalue weighted by molar-refractivity contribution is 6.05. The molecule has 0 N–H and O–H groups in total. The van der Waals surface area contributed by atoms with Crippen LogP contribution in [0.1, 0.15) is 25.0 Å². The Bertz CT molecular complexity index is 3220. The highest BCUT2D eigenvalue weighted by atomic mass is 14.9. The molecule has 0 spiro atoms. The van der Waals surface area contributed by atoms with Crippen LogP contribution in [-0.4, -0.2) is 9.97 Å². The van der Waals surface area contributed by atoms with Gasteiger partial charge in [-0.2, -0.15) is 0 Å². The molecule has 0 amide bonds. The van der Waals surface area contributed by atoms with Crippen molar-refractivity contribution in [3.63, 3.8) is 0 Å². The summed E-state index contributed by atoms with van der Waals surface area (Å²) in [5, 5.41) is 4.99. The summed E-state index contributed by atoms with van der Waals surface area (Å²) < 4.78 is 0.